The molecule has 1 aliphatic rings. The molecule has 0 aromatic heterocycles. The van der Waals surface area contributed by atoms with Gasteiger partial charge in [-0.3, -0.25) is 14.4 Å². The maximum atomic E-state index is 14.1. The average Bonchev–Trinajstić information content (AvgIpc) is 3.27. The number of esters is 1. The monoisotopic (exact) mass is 543 g/mol. The summed E-state index contributed by atoms with van der Waals surface area (Å²) >= 11 is 12.0. The summed E-state index contributed by atoms with van der Waals surface area (Å²) < 4.78 is 5.54. The summed E-state index contributed by atoms with van der Waals surface area (Å²) in [4.78, 5) is 53.6. The highest BCUT2D eigenvalue weighted by molar-refractivity contribution is 6.46. The molecule has 0 saturated heterocycles. The van der Waals surface area contributed by atoms with Gasteiger partial charge in [-0.2, -0.15) is 0 Å². The van der Waals surface area contributed by atoms with Crippen LogP contribution < -0.4 is 5.32 Å². The molecule has 1 amide bonds. The summed E-state index contributed by atoms with van der Waals surface area (Å²) in [6.45, 7) is 0. The zero-order valence-corrected chi connectivity index (χ0v) is 21.2. The Morgan fingerprint density at radius 3 is 2.16 bits per heavy atom. The van der Waals surface area contributed by atoms with Crippen molar-refractivity contribution >= 4 is 52.3 Å². The lowest BCUT2D eigenvalue weighted by atomic mass is 9.82. The van der Waals surface area contributed by atoms with Gasteiger partial charge in [-0.15, -0.1) is 0 Å². The zero-order valence-electron chi connectivity index (χ0n) is 19.7. The van der Waals surface area contributed by atoms with E-state index in [9.17, 15) is 19.2 Å². The molecule has 4 aromatic rings. The second-order valence-corrected chi connectivity index (χ2v) is 9.43. The molecule has 1 N–H and O–H groups in total. The Hall–Kier alpha value is -4.26. The van der Waals surface area contributed by atoms with Gasteiger partial charge in [-0.05, 0) is 35.4 Å². The number of cyclic esters (lactones) is 1. The van der Waals surface area contributed by atoms with Crippen LogP contribution in [0.3, 0.4) is 0 Å². The van der Waals surface area contributed by atoms with Gasteiger partial charge in [0.1, 0.15) is 12.0 Å². The Balaban J connectivity index is 1.57. The van der Waals surface area contributed by atoms with Crippen molar-refractivity contribution < 1.29 is 23.9 Å². The summed E-state index contributed by atoms with van der Waals surface area (Å²) in [5.74, 6) is -5.06. The maximum Gasteiger partial charge on any atom is 0.339 e. The normalized spacial score (nSPS) is 14.8. The second kappa shape index (κ2) is 10.6. The smallest absolute Gasteiger partial charge is 0.339 e. The highest BCUT2D eigenvalue weighted by Crippen LogP contribution is 2.39. The van der Waals surface area contributed by atoms with E-state index < -0.39 is 35.5 Å². The minimum absolute atomic E-state index is 0.181. The van der Waals surface area contributed by atoms with Gasteiger partial charge in [0.15, 0.2) is 5.78 Å². The molecule has 188 valence electrons. The van der Waals surface area contributed by atoms with E-state index >= 15 is 0 Å². The van der Waals surface area contributed by atoms with Crippen LogP contribution in [0.15, 0.2) is 97.1 Å². The van der Waals surface area contributed by atoms with Crippen LogP contribution in [0.2, 0.25) is 10.0 Å². The molecule has 0 spiro atoms. The molecule has 0 radical (unpaired) electrons. The van der Waals surface area contributed by atoms with Crippen molar-refractivity contribution in [3.05, 3.63) is 124 Å². The summed E-state index contributed by atoms with van der Waals surface area (Å²) in [5.41, 5.74) is 2.38. The first kappa shape index (κ1) is 25.4. The van der Waals surface area contributed by atoms with Gasteiger partial charge in [-0.1, -0.05) is 96.0 Å². The molecule has 38 heavy (non-hydrogen) atoms. The van der Waals surface area contributed by atoms with Gasteiger partial charge < -0.3 is 10.1 Å². The molecule has 2 atom stereocenters. The van der Waals surface area contributed by atoms with Crippen molar-refractivity contribution in [2.45, 2.75) is 6.10 Å². The molecule has 4 aromatic carbocycles. The van der Waals surface area contributed by atoms with E-state index in [4.69, 9.17) is 27.9 Å². The van der Waals surface area contributed by atoms with Crippen molar-refractivity contribution in [3.63, 3.8) is 0 Å². The van der Waals surface area contributed by atoms with Crippen LogP contribution in [-0.4, -0.2) is 23.4 Å². The third-order valence-corrected chi connectivity index (χ3v) is 7.01. The van der Waals surface area contributed by atoms with E-state index in [1.165, 1.54) is 18.2 Å². The molecule has 0 unspecified atom stereocenters. The number of hydrogen-bond acceptors (Lipinski definition) is 5. The quantitative estimate of drug-likeness (QED) is 0.123. The van der Waals surface area contributed by atoms with E-state index in [0.29, 0.717) is 11.1 Å². The molecule has 6 nitrogen and oxygen atoms in total. The molecular formula is C30H19Cl2NO5. The van der Waals surface area contributed by atoms with Crippen LogP contribution in [0, 0.1) is 5.92 Å². The van der Waals surface area contributed by atoms with Crippen molar-refractivity contribution in [2.24, 2.45) is 5.92 Å². The van der Waals surface area contributed by atoms with Crippen LogP contribution in [0.1, 0.15) is 32.4 Å². The van der Waals surface area contributed by atoms with Gasteiger partial charge in [0, 0.05) is 16.8 Å². The van der Waals surface area contributed by atoms with E-state index in [1.54, 1.807) is 48.5 Å². The first-order valence-corrected chi connectivity index (χ1v) is 12.4. The number of rotatable bonds is 7. The van der Waals surface area contributed by atoms with Crippen molar-refractivity contribution in [1.82, 2.24) is 0 Å². The van der Waals surface area contributed by atoms with Gasteiger partial charge in [0.2, 0.25) is 5.78 Å². The fourth-order valence-corrected chi connectivity index (χ4v) is 4.76. The highest BCUT2D eigenvalue weighted by atomic mass is 35.5. The van der Waals surface area contributed by atoms with E-state index in [0.717, 1.165) is 5.56 Å². The van der Waals surface area contributed by atoms with Crippen LogP contribution in [0.4, 0.5) is 5.69 Å². The van der Waals surface area contributed by atoms with E-state index in [2.05, 4.69) is 5.32 Å². The Morgan fingerprint density at radius 1 is 0.763 bits per heavy atom. The third-order valence-electron chi connectivity index (χ3n) is 6.27. The lowest BCUT2D eigenvalue weighted by molar-refractivity contribution is -0.138. The number of benzene rings is 4. The fourth-order valence-electron chi connectivity index (χ4n) is 4.46. The largest absolute Gasteiger partial charge is 0.453 e. The predicted molar refractivity (Wildman–Crippen MR) is 144 cm³/mol. The minimum Gasteiger partial charge on any atom is -0.453 e. The van der Waals surface area contributed by atoms with Gasteiger partial charge >= 0.3 is 5.97 Å². The second-order valence-electron chi connectivity index (χ2n) is 8.61. The number of fused-ring (bicyclic) bond motifs is 1. The van der Waals surface area contributed by atoms with Crippen molar-refractivity contribution in [2.75, 3.05) is 5.32 Å². The van der Waals surface area contributed by atoms with E-state index in [-0.39, 0.29) is 26.9 Å². The highest BCUT2D eigenvalue weighted by Gasteiger charge is 2.46. The van der Waals surface area contributed by atoms with E-state index in [1.807, 2.05) is 30.3 Å². The third kappa shape index (κ3) is 4.84. The Kier molecular flexibility index (Phi) is 7.09. The number of Topliss-reactive ketones (excluding diaryl/α,β-unsaturated/α-hetero) is 2. The molecule has 1 aliphatic heterocycles. The van der Waals surface area contributed by atoms with Crippen LogP contribution in [0.5, 0.6) is 0 Å². The summed E-state index contributed by atoms with van der Waals surface area (Å²) in [5, 5.41) is 2.93. The number of carbonyl (C=O) groups is 4. The number of halogens is 2. The molecule has 0 fully saturated rings. The number of amides is 1. The SMILES string of the molecule is O=C(Nc1ccc(Cl)c(Cl)c1)C(=O)[C@H](C(=O)c1ccccc1-c1ccccc1)[C@@H]1OC(=O)c2ccccc21. The molecule has 0 bridgehead atoms. The Labute approximate surface area is 228 Å². The lowest BCUT2D eigenvalue weighted by Crippen LogP contribution is -2.38. The van der Waals surface area contributed by atoms with Gasteiger partial charge in [-0.25, -0.2) is 4.79 Å². The Morgan fingerprint density at radius 2 is 1.42 bits per heavy atom. The predicted octanol–water partition coefficient (Wildman–Crippen LogP) is 6.58. The standard InChI is InChI=1S/C30H19Cl2NO5/c31-23-15-14-18(16-24(23)32)33-29(36)27(35)25(28-21-12-6-7-13-22(21)30(37)38-28)26(34)20-11-5-4-10-19(20)17-8-2-1-3-9-17/h1-16,25,28H,(H,33,36)/t25-,28+/m0/s1. The number of ether oxygens (including phenoxy) is 1. The first-order chi connectivity index (χ1) is 18.3. The van der Waals surface area contributed by atoms with Gasteiger partial charge in [0.25, 0.3) is 5.91 Å². The molecule has 0 aliphatic carbocycles. The summed E-state index contributed by atoms with van der Waals surface area (Å²) in [6, 6.07) is 26.8. The fraction of sp³-hybridized carbons (Fsp3) is 0.0667. The summed E-state index contributed by atoms with van der Waals surface area (Å²) in [6.07, 6.45) is -1.28. The first-order valence-electron chi connectivity index (χ1n) is 11.6. The zero-order chi connectivity index (χ0) is 26.8. The maximum absolute atomic E-state index is 14.1. The van der Waals surface area contributed by atoms with Crippen molar-refractivity contribution in [1.29, 1.82) is 0 Å². The summed E-state index contributed by atoms with van der Waals surface area (Å²) in [7, 11) is 0. The topological polar surface area (TPSA) is 89.5 Å². The van der Waals surface area contributed by atoms with Gasteiger partial charge in [0.05, 0.1) is 15.6 Å². The average molecular weight is 544 g/mol. The number of nitrogens with one attached hydrogen (secondary N) is 1. The van der Waals surface area contributed by atoms with Crippen LogP contribution in [0.25, 0.3) is 11.1 Å². The molecule has 0 saturated carbocycles. The lowest BCUT2D eigenvalue weighted by Gasteiger charge is -2.22. The number of anilines is 1. The number of hydrogen-bond donors (Lipinski definition) is 1. The molecule has 5 rings (SSSR count). The Bertz CT molecular complexity index is 1580. The van der Waals surface area contributed by atoms with Crippen LogP contribution in [-0.2, 0) is 14.3 Å². The number of carbonyl (C=O) groups excluding carboxylic acids is 4. The van der Waals surface area contributed by atoms with Crippen LogP contribution >= 0.6 is 23.2 Å². The molecular weight excluding hydrogens is 525 g/mol. The number of ketones is 2. The molecule has 8 heteroatoms. The molecule has 1 heterocycles. The van der Waals surface area contributed by atoms with Crippen molar-refractivity contribution in [3.8, 4) is 11.1 Å². The minimum atomic E-state index is -1.63.